The summed E-state index contributed by atoms with van der Waals surface area (Å²) in [6, 6.07) is 1.62. The molecule has 13 heavy (non-hydrogen) atoms. The highest BCUT2D eigenvalue weighted by molar-refractivity contribution is 9.10. The van der Waals surface area contributed by atoms with Crippen LogP contribution >= 0.6 is 27.3 Å². The van der Waals surface area contributed by atoms with Crippen LogP contribution in [0.5, 0.6) is 0 Å². The molecule has 0 saturated heterocycles. The van der Waals surface area contributed by atoms with Gasteiger partial charge in [-0.15, -0.1) is 11.3 Å². The lowest BCUT2D eigenvalue weighted by Gasteiger charge is -2.10. The van der Waals surface area contributed by atoms with Crippen LogP contribution in [-0.2, 0) is 4.79 Å². The Bertz CT molecular complexity index is 314. The topological polar surface area (TPSA) is 57.5 Å². The second kappa shape index (κ2) is 4.17. The fourth-order valence-electron chi connectivity index (χ4n) is 0.784. The van der Waals surface area contributed by atoms with Crippen molar-refractivity contribution < 1.29 is 19.4 Å². The van der Waals surface area contributed by atoms with E-state index in [4.69, 9.17) is 5.11 Å². The lowest BCUT2D eigenvalue weighted by molar-refractivity contribution is -0.147. The van der Waals surface area contributed by atoms with Gasteiger partial charge in [-0.25, -0.2) is 9.18 Å². The van der Waals surface area contributed by atoms with Crippen LogP contribution in [-0.4, -0.2) is 22.4 Å². The number of halogens is 2. The van der Waals surface area contributed by atoms with Crippen molar-refractivity contribution in [2.75, 3.05) is 0 Å². The third-order valence-corrected chi connectivity index (χ3v) is 3.37. The number of carbonyl (C=O) groups is 1. The molecule has 6 heteroatoms. The van der Waals surface area contributed by atoms with E-state index in [9.17, 15) is 14.3 Å². The van der Waals surface area contributed by atoms with Crippen molar-refractivity contribution in [3.63, 3.8) is 0 Å². The number of aliphatic carboxylic acids is 1. The van der Waals surface area contributed by atoms with Crippen LogP contribution in [0, 0.1) is 0 Å². The molecule has 2 unspecified atom stereocenters. The molecule has 1 heterocycles. The number of carboxylic acid groups (broad SMARTS) is 1. The van der Waals surface area contributed by atoms with Gasteiger partial charge >= 0.3 is 5.97 Å². The molecule has 0 spiro atoms. The summed E-state index contributed by atoms with van der Waals surface area (Å²) in [5, 5.41) is 19.2. The molecule has 0 bridgehead atoms. The Hall–Kier alpha value is -0.460. The number of thiophene rings is 1. The van der Waals surface area contributed by atoms with Gasteiger partial charge in [-0.2, -0.15) is 0 Å². The molecule has 0 aliphatic rings. The quantitative estimate of drug-likeness (QED) is 0.881. The van der Waals surface area contributed by atoms with Crippen LogP contribution < -0.4 is 0 Å². The zero-order valence-electron chi connectivity index (χ0n) is 6.28. The Balaban J connectivity index is 2.85. The van der Waals surface area contributed by atoms with Crippen LogP contribution in [0.3, 0.4) is 0 Å². The normalized spacial score (nSPS) is 15.3. The van der Waals surface area contributed by atoms with Gasteiger partial charge < -0.3 is 10.2 Å². The standard InChI is InChI=1S/C7H6BrFO3S/c8-3-1-2-13-6(3)5(10)4(9)7(11)12/h1-2,4-5,10H,(H,11,12). The molecule has 0 fully saturated rings. The summed E-state index contributed by atoms with van der Waals surface area (Å²) in [4.78, 5) is 10.5. The molecule has 1 aromatic heterocycles. The number of aliphatic hydroxyl groups is 1. The maximum absolute atomic E-state index is 12.8. The molecule has 0 radical (unpaired) electrons. The first-order valence-electron chi connectivity index (χ1n) is 3.32. The van der Waals surface area contributed by atoms with E-state index in [1.165, 1.54) is 0 Å². The number of hydrogen-bond acceptors (Lipinski definition) is 3. The SMILES string of the molecule is O=C(O)C(F)C(O)c1sccc1Br. The molecule has 72 valence electrons. The van der Waals surface area contributed by atoms with Gasteiger partial charge in [0.15, 0.2) is 0 Å². The molecule has 0 saturated carbocycles. The third kappa shape index (κ3) is 2.26. The molecular weight excluding hydrogens is 263 g/mol. The molecule has 0 amide bonds. The highest BCUT2D eigenvalue weighted by Crippen LogP contribution is 2.31. The van der Waals surface area contributed by atoms with E-state index in [2.05, 4.69) is 15.9 Å². The number of alkyl halides is 1. The second-order valence-corrected chi connectivity index (χ2v) is 4.12. The first-order valence-corrected chi connectivity index (χ1v) is 4.99. The van der Waals surface area contributed by atoms with Crippen LogP contribution in [0.25, 0.3) is 0 Å². The van der Waals surface area contributed by atoms with Crippen molar-refractivity contribution in [3.05, 3.63) is 20.8 Å². The van der Waals surface area contributed by atoms with E-state index >= 15 is 0 Å². The van der Waals surface area contributed by atoms with Gasteiger partial charge in [-0.3, -0.25) is 0 Å². The minimum absolute atomic E-state index is 0.287. The summed E-state index contributed by atoms with van der Waals surface area (Å²) >= 11 is 4.18. The minimum Gasteiger partial charge on any atom is -0.479 e. The summed E-state index contributed by atoms with van der Waals surface area (Å²) < 4.78 is 13.3. The summed E-state index contributed by atoms with van der Waals surface area (Å²) in [7, 11) is 0. The second-order valence-electron chi connectivity index (χ2n) is 2.32. The maximum Gasteiger partial charge on any atom is 0.341 e. The largest absolute Gasteiger partial charge is 0.479 e. The van der Waals surface area contributed by atoms with Gasteiger partial charge in [0.2, 0.25) is 6.17 Å². The Morgan fingerprint density at radius 3 is 2.69 bits per heavy atom. The molecule has 2 N–H and O–H groups in total. The van der Waals surface area contributed by atoms with Gasteiger partial charge in [0.25, 0.3) is 0 Å². The third-order valence-electron chi connectivity index (χ3n) is 1.43. The van der Waals surface area contributed by atoms with Gasteiger partial charge in [-0.1, -0.05) is 0 Å². The van der Waals surface area contributed by atoms with Gasteiger partial charge in [0.05, 0.1) is 4.88 Å². The molecule has 0 aliphatic heterocycles. The summed E-state index contributed by atoms with van der Waals surface area (Å²) in [6.07, 6.45) is -3.89. The average molecular weight is 269 g/mol. The van der Waals surface area contributed by atoms with E-state index in [1.54, 1.807) is 11.4 Å². The Labute approximate surface area is 85.9 Å². The maximum atomic E-state index is 12.8. The Morgan fingerprint density at radius 1 is 1.69 bits per heavy atom. The number of aliphatic hydroxyl groups excluding tert-OH is 1. The fraction of sp³-hybridized carbons (Fsp3) is 0.286. The lowest BCUT2D eigenvalue weighted by atomic mass is 10.2. The van der Waals surface area contributed by atoms with Gasteiger partial charge in [-0.05, 0) is 27.4 Å². The van der Waals surface area contributed by atoms with E-state index in [1.807, 2.05) is 0 Å². The molecule has 3 nitrogen and oxygen atoms in total. The van der Waals surface area contributed by atoms with Crippen LogP contribution in [0.15, 0.2) is 15.9 Å². The van der Waals surface area contributed by atoms with E-state index in [-0.39, 0.29) is 4.88 Å². The Kier molecular flexibility index (Phi) is 3.40. The zero-order chi connectivity index (χ0) is 10.0. The van der Waals surface area contributed by atoms with E-state index in [0.717, 1.165) is 11.3 Å². The monoisotopic (exact) mass is 268 g/mol. The van der Waals surface area contributed by atoms with Crippen molar-refractivity contribution >= 4 is 33.2 Å². The van der Waals surface area contributed by atoms with E-state index in [0.29, 0.717) is 4.47 Å². The number of hydrogen-bond donors (Lipinski definition) is 2. The van der Waals surface area contributed by atoms with Gasteiger partial charge in [0, 0.05) is 4.47 Å². The highest BCUT2D eigenvalue weighted by Gasteiger charge is 2.29. The van der Waals surface area contributed by atoms with Crippen molar-refractivity contribution in [1.29, 1.82) is 0 Å². The van der Waals surface area contributed by atoms with Crippen molar-refractivity contribution in [1.82, 2.24) is 0 Å². The van der Waals surface area contributed by atoms with Crippen molar-refractivity contribution in [2.24, 2.45) is 0 Å². The van der Waals surface area contributed by atoms with Crippen molar-refractivity contribution in [2.45, 2.75) is 12.3 Å². The van der Waals surface area contributed by atoms with Gasteiger partial charge in [0.1, 0.15) is 6.10 Å². The molecular formula is C7H6BrFO3S. The first kappa shape index (κ1) is 10.6. The number of carboxylic acids is 1. The predicted molar refractivity (Wildman–Crippen MR) is 49.5 cm³/mol. The Morgan fingerprint density at radius 2 is 2.31 bits per heavy atom. The first-order chi connectivity index (χ1) is 6.04. The molecule has 1 rings (SSSR count). The lowest BCUT2D eigenvalue weighted by Crippen LogP contribution is -2.22. The predicted octanol–water partition coefficient (Wildman–Crippen LogP) is 1.97. The average Bonchev–Trinajstić information content (AvgIpc) is 2.48. The van der Waals surface area contributed by atoms with Crippen molar-refractivity contribution in [3.8, 4) is 0 Å². The molecule has 0 aromatic carbocycles. The molecule has 2 atom stereocenters. The summed E-state index contributed by atoms with van der Waals surface area (Å²) in [5.41, 5.74) is 0. The number of rotatable bonds is 3. The van der Waals surface area contributed by atoms with Crippen LogP contribution in [0.1, 0.15) is 11.0 Å². The zero-order valence-corrected chi connectivity index (χ0v) is 8.68. The minimum atomic E-state index is -2.28. The summed E-state index contributed by atoms with van der Waals surface area (Å²) in [6.45, 7) is 0. The molecule has 0 aliphatic carbocycles. The highest BCUT2D eigenvalue weighted by atomic mass is 79.9. The fourth-order valence-corrected chi connectivity index (χ4v) is 2.40. The van der Waals surface area contributed by atoms with Crippen LogP contribution in [0.4, 0.5) is 4.39 Å². The smallest absolute Gasteiger partial charge is 0.341 e. The van der Waals surface area contributed by atoms with Crippen LogP contribution in [0.2, 0.25) is 0 Å². The molecule has 1 aromatic rings. The summed E-state index contributed by atoms with van der Waals surface area (Å²) in [5.74, 6) is -1.66. The van der Waals surface area contributed by atoms with E-state index < -0.39 is 18.2 Å².